The number of nitrogens with two attached hydrogens (primary N) is 1. The number of aromatic amines is 2. The van der Waals surface area contributed by atoms with Gasteiger partial charge in [0.05, 0.1) is 18.1 Å². The SMILES string of the molecule is CCOC(=O)C1=C(N)Oc2[nH]c(=O)[nH]c(=O)c2[C@H]1c1cccc(F)c1. The second-order valence-electron chi connectivity index (χ2n) is 5.24. The van der Waals surface area contributed by atoms with Gasteiger partial charge in [-0.1, -0.05) is 12.1 Å². The molecular formula is C16H14FN3O5. The number of hydrogen-bond donors (Lipinski definition) is 3. The fourth-order valence-electron chi connectivity index (χ4n) is 2.72. The van der Waals surface area contributed by atoms with Crippen molar-refractivity contribution in [1.29, 1.82) is 0 Å². The van der Waals surface area contributed by atoms with E-state index in [0.717, 1.165) is 6.07 Å². The molecule has 4 N–H and O–H groups in total. The van der Waals surface area contributed by atoms with Crippen LogP contribution in [-0.4, -0.2) is 22.5 Å². The van der Waals surface area contributed by atoms with Crippen molar-refractivity contribution >= 4 is 5.97 Å². The first-order chi connectivity index (χ1) is 11.9. The molecule has 8 nitrogen and oxygen atoms in total. The Kier molecular flexibility index (Phi) is 4.14. The Morgan fingerprint density at radius 2 is 2.12 bits per heavy atom. The molecule has 1 aromatic heterocycles. The van der Waals surface area contributed by atoms with Gasteiger partial charge in [0.2, 0.25) is 11.8 Å². The summed E-state index contributed by atoms with van der Waals surface area (Å²) >= 11 is 0. The summed E-state index contributed by atoms with van der Waals surface area (Å²) in [4.78, 5) is 40.5. The van der Waals surface area contributed by atoms with Crippen LogP contribution in [0.4, 0.5) is 4.39 Å². The number of rotatable bonds is 3. The lowest BCUT2D eigenvalue weighted by Crippen LogP contribution is -2.35. The molecule has 3 rings (SSSR count). The number of H-pyrrole nitrogens is 2. The van der Waals surface area contributed by atoms with E-state index in [2.05, 4.69) is 9.97 Å². The first-order valence-corrected chi connectivity index (χ1v) is 7.39. The van der Waals surface area contributed by atoms with Gasteiger partial charge in [0.1, 0.15) is 11.4 Å². The van der Waals surface area contributed by atoms with Crippen LogP contribution in [0.2, 0.25) is 0 Å². The van der Waals surface area contributed by atoms with Gasteiger partial charge in [-0.25, -0.2) is 14.0 Å². The molecule has 1 aliphatic heterocycles. The van der Waals surface area contributed by atoms with Gasteiger partial charge in [-0.05, 0) is 24.6 Å². The molecule has 9 heteroatoms. The third-order valence-corrected chi connectivity index (χ3v) is 3.68. The van der Waals surface area contributed by atoms with Gasteiger partial charge >= 0.3 is 11.7 Å². The monoisotopic (exact) mass is 347 g/mol. The van der Waals surface area contributed by atoms with Crippen LogP contribution >= 0.6 is 0 Å². The van der Waals surface area contributed by atoms with Crippen LogP contribution in [-0.2, 0) is 9.53 Å². The number of hydrogen-bond acceptors (Lipinski definition) is 6. The molecule has 130 valence electrons. The van der Waals surface area contributed by atoms with Crippen LogP contribution in [0.25, 0.3) is 0 Å². The average molecular weight is 347 g/mol. The van der Waals surface area contributed by atoms with E-state index >= 15 is 0 Å². The molecule has 0 aliphatic carbocycles. The molecule has 2 aromatic rings. The zero-order chi connectivity index (χ0) is 18.1. The topological polar surface area (TPSA) is 127 Å². The third kappa shape index (κ3) is 2.91. The second-order valence-corrected chi connectivity index (χ2v) is 5.24. The molecule has 0 fully saturated rings. The van der Waals surface area contributed by atoms with Crippen LogP contribution in [0.5, 0.6) is 5.88 Å². The Hall–Kier alpha value is -3.36. The fraction of sp³-hybridized carbons (Fsp3) is 0.188. The Labute approximate surface area is 140 Å². The zero-order valence-corrected chi connectivity index (χ0v) is 13.1. The molecule has 1 aromatic carbocycles. The molecule has 25 heavy (non-hydrogen) atoms. The van der Waals surface area contributed by atoms with Gasteiger partial charge in [-0.2, -0.15) is 0 Å². The van der Waals surface area contributed by atoms with E-state index in [0.29, 0.717) is 0 Å². The van der Waals surface area contributed by atoms with Crippen LogP contribution in [0.3, 0.4) is 0 Å². The van der Waals surface area contributed by atoms with Crippen molar-refractivity contribution in [2.75, 3.05) is 6.61 Å². The molecule has 0 saturated heterocycles. The number of esters is 1. The minimum absolute atomic E-state index is 0.0672. The Morgan fingerprint density at radius 1 is 1.36 bits per heavy atom. The Morgan fingerprint density at radius 3 is 2.80 bits per heavy atom. The van der Waals surface area contributed by atoms with Crippen molar-refractivity contribution in [3.05, 3.63) is 73.5 Å². The van der Waals surface area contributed by atoms with Crippen molar-refractivity contribution in [3.63, 3.8) is 0 Å². The molecule has 0 bridgehead atoms. The molecule has 0 unspecified atom stereocenters. The van der Waals surface area contributed by atoms with Crippen LogP contribution in [0, 0.1) is 5.82 Å². The van der Waals surface area contributed by atoms with E-state index < -0.39 is 29.0 Å². The smallest absolute Gasteiger partial charge is 0.340 e. The maximum Gasteiger partial charge on any atom is 0.340 e. The van der Waals surface area contributed by atoms with Crippen molar-refractivity contribution in [2.45, 2.75) is 12.8 Å². The molecule has 1 atom stereocenters. The summed E-state index contributed by atoms with van der Waals surface area (Å²) in [6.45, 7) is 1.67. The number of halogens is 1. The van der Waals surface area contributed by atoms with Crippen LogP contribution in [0.1, 0.15) is 24.0 Å². The highest BCUT2D eigenvalue weighted by Gasteiger charge is 2.38. The average Bonchev–Trinajstić information content (AvgIpc) is 2.53. The van der Waals surface area contributed by atoms with E-state index in [-0.39, 0.29) is 35.1 Å². The number of carbonyl (C=O) groups is 1. The van der Waals surface area contributed by atoms with Crippen molar-refractivity contribution in [2.24, 2.45) is 5.73 Å². The molecule has 0 saturated carbocycles. The summed E-state index contributed by atoms with van der Waals surface area (Å²) < 4.78 is 23.9. The van der Waals surface area contributed by atoms with Gasteiger partial charge in [0, 0.05) is 0 Å². The number of ether oxygens (including phenoxy) is 2. The highest BCUT2D eigenvalue weighted by molar-refractivity contribution is 5.92. The summed E-state index contributed by atoms with van der Waals surface area (Å²) in [6, 6.07) is 5.34. The third-order valence-electron chi connectivity index (χ3n) is 3.68. The molecule has 0 amide bonds. The molecule has 0 spiro atoms. The van der Waals surface area contributed by atoms with Gasteiger partial charge in [0.25, 0.3) is 5.56 Å². The van der Waals surface area contributed by atoms with E-state index in [4.69, 9.17) is 15.2 Å². The lowest BCUT2D eigenvalue weighted by Gasteiger charge is -2.26. The maximum absolute atomic E-state index is 13.7. The largest absolute Gasteiger partial charge is 0.462 e. The lowest BCUT2D eigenvalue weighted by atomic mass is 9.84. The molecule has 2 heterocycles. The number of aromatic nitrogens is 2. The first-order valence-electron chi connectivity index (χ1n) is 7.39. The first kappa shape index (κ1) is 16.5. The van der Waals surface area contributed by atoms with E-state index in [9.17, 15) is 18.8 Å². The van der Waals surface area contributed by atoms with Crippen LogP contribution < -0.4 is 21.7 Å². The number of benzene rings is 1. The molecule has 1 aliphatic rings. The minimum Gasteiger partial charge on any atom is -0.462 e. The summed E-state index contributed by atoms with van der Waals surface area (Å²) in [5.74, 6) is -2.95. The van der Waals surface area contributed by atoms with Crippen molar-refractivity contribution in [1.82, 2.24) is 9.97 Å². The van der Waals surface area contributed by atoms with Crippen molar-refractivity contribution < 1.29 is 18.7 Å². The molecule has 0 radical (unpaired) electrons. The Bertz CT molecular complexity index is 992. The second kappa shape index (κ2) is 6.27. The summed E-state index contributed by atoms with van der Waals surface area (Å²) in [6.07, 6.45) is 0. The minimum atomic E-state index is -1.06. The van der Waals surface area contributed by atoms with Gasteiger partial charge in [-0.15, -0.1) is 0 Å². The summed E-state index contributed by atoms with van der Waals surface area (Å²) in [7, 11) is 0. The summed E-state index contributed by atoms with van der Waals surface area (Å²) in [5.41, 5.74) is 4.32. The highest BCUT2D eigenvalue weighted by atomic mass is 19.1. The van der Waals surface area contributed by atoms with Gasteiger partial charge < -0.3 is 15.2 Å². The highest BCUT2D eigenvalue weighted by Crippen LogP contribution is 2.39. The number of nitrogens with one attached hydrogen (secondary N) is 2. The van der Waals surface area contributed by atoms with E-state index in [1.165, 1.54) is 18.2 Å². The molecular weight excluding hydrogens is 333 g/mol. The standard InChI is InChI=1S/C16H14FN3O5/c1-2-24-15(22)10-9(7-4-3-5-8(17)6-7)11-13(21)19-16(23)20-14(11)25-12(10)18/h3-6,9H,2,18H2,1H3,(H2,19,20,21,23)/t9-/m0/s1. The normalized spacial score (nSPS) is 16.2. The Balaban J connectivity index is 2.30. The maximum atomic E-state index is 13.7. The predicted octanol–water partition coefficient (Wildman–Crippen LogP) is 0.460. The quantitative estimate of drug-likeness (QED) is 0.692. The lowest BCUT2D eigenvalue weighted by molar-refractivity contribution is -0.139. The number of fused-ring (bicyclic) bond motifs is 1. The fourth-order valence-corrected chi connectivity index (χ4v) is 2.72. The van der Waals surface area contributed by atoms with E-state index in [1.54, 1.807) is 6.92 Å². The predicted molar refractivity (Wildman–Crippen MR) is 84.4 cm³/mol. The van der Waals surface area contributed by atoms with Gasteiger partial charge in [0.15, 0.2) is 0 Å². The van der Waals surface area contributed by atoms with Crippen LogP contribution in [0.15, 0.2) is 45.3 Å². The number of carbonyl (C=O) groups excluding carboxylic acids is 1. The van der Waals surface area contributed by atoms with E-state index in [1.807, 2.05) is 0 Å². The van der Waals surface area contributed by atoms with Gasteiger partial charge in [-0.3, -0.25) is 14.8 Å². The van der Waals surface area contributed by atoms with Crippen molar-refractivity contribution in [3.8, 4) is 5.88 Å². The summed E-state index contributed by atoms with van der Waals surface area (Å²) in [5, 5.41) is 0. The zero-order valence-electron chi connectivity index (χ0n) is 13.1.